The lowest BCUT2D eigenvalue weighted by Gasteiger charge is -2.13. The van der Waals surface area contributed by atoms with Gasteiger partial charge in [-0.2, -0.15) is 0 Å². The summed E-state index contributed by atoms with van der Waals surface area (Å²) in [7, 11) is -3.79. The third-order valence-corrected chi connectivity index (χ3v) is 7.01. The number of nitrogens with zero attached hydrogens (tertiary/aromatic N) is 2. The molecule has 1 amide bonds. The van der Waals surface area contributed by atoms with Crippen LogP contribution < -0.4 is 10.5 Å². The molecule has 1 unspecified atom stereocenters. The van der Waals surface area contributed by atoms with E-state index in [0.717, 1.165) is 23.4 Å². The maximum absolute atomic E-state index is 12.5. The van der Waals surface area contributed by atoms with Crippen LogP contribution in [-0.4, -0.2) is 29.1 Å². The zero-order valence-corrected chi connectivity index (χ0v) is 18.0. The molecule has 3 rings (SSSR count). The van der Waals surface area contributed by atoms with Gasteiger partial charge < -0.3 is 9.88 Å². The van der Waals surface area contributed by atoms with Crippen LogP contribution in [0.5, 0.6) is 0 Å². The van der Waals surface area contributed by atoms with E-state index in [1.807, 2.05) is 29.0 Å². The number of imidazole rings is 1. The van der Waals surface area contributed by atoms with Crippen molar-refractivity contribution in [1.82, 2.24) is 14.9 Å². The molecule has 0 bridgehead atoms. The van der Waals surface area contributed by atoms with Gasteiger partial charge in [0, 0.05) is 11.4 Å². The number of hydrogen-bond acceptors (Lipinski definition) is 6. The van der Waals surface area contributed by atoms with Crippen LogP contribution >= 0.6 is 23.1 Å². The third-order valence-electron chi connectivity index (χ3n) is 4.13. The number of hydrogen-bond donors (Lipinski definition) is 2. The molecule has 2 aromatic heterocycles. The monoisotopic (exact) mass is 438 g/mol. The molecule has 10 heteroatoms. The third kappa shape index (κ3) is 4.75. The van der Waals surface area contributed by atoms with Gasteiger partial charge in [0.1, 0.15) is 0 Å². The van der Waals surface area contributed by atoms with Crippen molar-refractivity contribution in [2.45, 2.75) is 48.7 Å². The highest BCUT2D eigenvalue weighted by atomic mass is 32.2. The average Bonchev–Trinajstić information content (AvgIpc) is 3.27. The van der Waals surface area contributed by atoms with E-state index in [1.54, 1.807) is 17.4 Å². The van der Waals surface area contributed by atoms with Gasteiger partial charge in [-0.05, 0) is 43.0 Å². The zero-order chi connectivity index (χ0) is 20.3. The zero-order valence-electron chi connectivity index (χ0n) is 15.6. The molecule has 150 valence electrons. The number of rotatable bonds is 8. The maximum Gasteiger partial charge on any atom is 0.238 e. The minimum Gasteiger partial charge on any atom is -0.350 e. The van der Waals surface area contributed by atoms with Crippen molar-refractivity contribution in [2.24, 2.45) is 5.14 Å². The first-order valence-electron chi connectivity index (χ1n) is 8.79. The van der Waals surface area contributed by atoms with Crippen LogP contribution in [0.3, 0.4) is 0 Å². The van der Waals surface area contributed by atoms with Crippen molar-refractivity contribution >= 4 is 50.1 Å². The van der Waals surface area contributed by atoms with Gasteiger partial charge in [-0.3, -0.25) is 4.79 Å². The van der Waals surface area contributed by atoms with Crippen LogP contribution in [0, 0.1) is 0 Å². The molecule has 1 atom stereocenters. The highest BCUT2D eigenvalue weighted by Gasteiger charge is 2.20. The van der Waals surface area contributed by atoms with Gasteiger partial charge in [-0.25, -0.2) is 18.5 Å². The second-order valence-electron chi connectivity index (χ2n) is 6.30. The number of carbonyl (C=O) groups excluding carboxylic acids is 1. The first-order chi connectivity index (χ1) is 13.3. The van der Waals surface area contributed by atoms with Crippen molar-refractivity contribution in [2.75, 3.05) is 0 Å². The van der Waals surface area contributed by atoms with Crippen LogP contribution in [0.2, 0.25) is 0 Å². The van der Waals surface area contributed by atoms with Gasteiger partial charge in [0.25, 0.3) is 0 Å². The number of carbonyl (C=O) groups is 1. The number of sulfonamides is 1. The summed E-state index contributed by atoms with van der Waals surface area (Å²) < 4.78 is 25.2. The Morgan fingerprint density at radius 3 is 2.82 bits per heavy atom. The Labute approximate surface area is 172 Å². The molecule has 0 aliphatic carbocycles. The molecule has 0 saturated carbocycles. The predicted octanol–water partition coefficient (Wildman–Crippen LogP) is 2.95. The summed E-state index contributed by atoms with van der Waals surface area (Å²) in [6, 6.07) is 8.60. The maximum atomic E-state index is 12.5. The lowest BCUT2D eigenvalue weighted by Crippen LogP contribution is -2.30. The summed E-state index contributed by atoms with van der Waals surface area (Å²) in [6.07, 6.45) is 0.884. The Balaban J connectivity index is 1.82. The van der Waals surface area contributed by atoms with E-state index in [4.69, 9.17) is 5.14 Å². The molecular formula is C18H22N4O3S3. The summed E-state index contributed by atoms with van der Waals surface area (Å²) >= 11 is 2.96. The Kier molecular flexibility index (Phi) is 6.43. The van der Waals surface area contributed by atoms with E-state index >= 15 is 0 Å². The molecule has 7 nitrogen and oxygen atoms in total. The van der Waals surface area contributed by atoms with Gasteiger partial charge in [0.2, 0.25) is 15.9 Å². The van der Waals surface area contributed by atoms with Crippen LogP contribution in [0.4, 0.5) is 0 Å². The fourth-order valence-corrected chi connectivity index (χ4v) is 4.89. The first-order valence-corrected chi connectivity index (χ1v) is 12.1. The Morgan fingerprint density at radius 1 is 1.39 bits per heavy atom. The van der Waals surface area contributed by atoms with E-state index < -0.39 is 10.0 Å². The van der Waals surface area contributed by atoms with Crippen molar-refractivity contribution < 1.29 is 13.2 Å². The second-order valence-corrected chi connectivity index (χ2v) is 10.2. The van der Waals surface area contributed by atoms with Gasteiger partial charge in [-0.1, -0.05) is 24.8 Å². The van der Waals surface area contributed by atoms with Crippen molar-refractivity contribution in [3.05, 3.63) is 40.6 Å². The van der Waals surface area contributed by atoms with E-state index in [-0.39, 0.29) is 16.1 Å². The summed E-state index contributed by atoms with van der Waals surface area (Å²) in [5.41, 5.74) is 1.37. The summed E-state index contributed by atoms with van der Waals surface area (Å²) in [4.78, 5) is 18.1. The second kappa shape index (κ2) is 8.64. The topological polar surface area (TPSA) is 107 Å². The molecule has 28 heavy (non-hydrogen) atoms. The van der Waals surface area contributed by atoms with Gasteiger partial charge >= 0.3 is 0 Å². The standard InChI is InChI=1S/C18H22N4O3S3/c1-3-8-22-16-7-6-14(28(19,24)25)10-15(16)21-18(22)27-12(2)17(23)20-11-13-5-4-9-26-13/h4-7,9-10,12H,3,8,11H2,1-2H3,(H,20,23)(H2,19,24,25). The molecule has 0 saturated heterocycles. The van der Waals surface area contributed by atoms with Gasteiger partial charge in [-0.15, -0.1) is 11.3 Å². The molecule has 0 aliphatic heterocycles. The van der Waals surface area contributed by atoms with Gasteiger partial charge in [0.15, 0.2) is 5.16 Å². The number of aromatic nitrogens is 2. The van der Waals surface area contributed by atoms with Crippen LogP contribution in [0.1, 0.15) is 25.1 Å². The van der Waals surface area contributed by atoms with E-state index in [2.05, 4.69) is 17.2 Å². The van der Waals surface area contributed by atoms with Crippen molar-refractivity contribution in [1.29, 1.82) is 0 Å². The van der Waals surface area contributed by atoms with Crippen molar-refractivity contribution in [3.63, 3.8) is 0 Å². The largest absolute Gasteiger partial charge is 0.350 e. The van der Waals surface area contributed by atoms with Crippen LogP contribution in [-0.2, 0) is 27.9 Å². The van der Waals surface area contributed by atoms with E-state index in [9.17, 15) is 13.2 Å². The summed E-state index contributed by atoms with van der Waals surface area (Å²) in [6.45, 7) is 5.11. The highest BCUT2D eigenvalue weighted by Crippen LogP contribution is 2.29. The first kappa shape index (κ1) is 20.8. The number of thioether (sulfide) groups is 1. The molecule has 0 spiro atoms. The number of fused-ring (bicyclic) bond motifs is 1. The summed E-state index contributed by atoms with van der Waals surface area (Å²) in [5.74, 6) is -0.0706. The van der Waals surface area contributed by atoms with E-state index in [0.29, 0.717) is 17.2 Å². The minimum absolute atomic E-state index is 0.0273. The molecule has 1 aromatic carbocycles. The number of aryl methyl sites for hydroxylation is 1. The molecular weight excluding hydrogens is 416 g/mol. The quantitative estimate of drug-likeness (QED) is 0.526. The molecule has 0 radical (unpaired) electrons. The molecule has 0 fully saturated rings. The fourth-order valence-electron chi connectivity index (χ4n) is 2.74. The lowest BCUT2D eigenvalue weighted by atomic mass is 10.3. The lowest BCUT2D eigenvalue weighted by molar-refractivity contribution is -0.120. The minimum atomic E-state index is -3.79. The predicted molar refractivity (Wildman–Crippen MR) is 113 cm³/mol. The van der Waals surface area contributed by atoms with Gasteiger partial charge in [0.05, 0.1) is 27.7 Å². The Morgan fingerprint density at radius 2 is 2.18 bits per heavy atom. The Hall–Kier alpha value is -1.88. The number of thiophene rings is 1. The fraction of sp³-hybridized carbons (Fsp3) is 0.333. The number of amides is 1. The number of primary sulfonamides is 1. The molecule has 2 heterocycles. The smallest absolute Gasteiger partial charge is 0.238 e. The normalized spacial score (nSPS) is 13.0. The molecule has 0 aliphatic rings. The van der Waals surface area contributed by atoms with Crippen LogP contribution in [0.25, 0.3) is 11.0 Å². The number of benzene rings is 1. The SMILES string of the molecule is CCCn1c(SC(C)C(=O)NCc2cccs2)nc2cc(S(N)(=O)=O)ccc21. The van der Waals surface area contributed by atoms with Crippen molar-refractivity contribution in [3.8, 4) is 0 Å². The molecule has 3 N–H and O–H groups in total. The van der Waals surface area contributed by atoms with E-state index in [1.165, 1.54) is 23.9 Å². The average molecular weight is 439 g/mol. The summed E-state index contributed by atoms with van der Waals surface area (Å²) in [5, 5.41) is 10.5. The number of nitrogens with two attached hydrogens (primary N) is 1. The highest BCUT2D eigenvalue weighted by molar-refractivity contribution is 8.00. The Bertz CT molecular complexity index is 1080. The number of nitrogens with one attached hydrogen (secondary N) is 1. The van der Waals surface area contributed by atoms with Crippen LogP contribution in [0.15, 0.2) is 45.8 Å². The molecule has 3 aromatic rings.